The molecule has 0 bridgehead atoms. The molecule has 3 rings (SSSR count). The molecular weight excluding hydrogens is 629 g/mol. The van der Waals surface area contributed by atoms with Gasteiger partial charge in [0, 0.05) is 0 Å². The molecule has 0 saturated carbocycles. The Balaban J connectivity index is 2.07. The van der Waals surface area contributed by atoms with Crippen LogP contribution in [-0.2, 0) is 10.0 Å². The first-order valence-electron chi connectivity index (χ1n) is 16.0. The number of benzene rings is 2. The van der Waals surface area contributed by atoms with E-state index in [0.29, 0.717) is 18.0 Å². The quantitative estimate of drug-likeness (QED) is 0.165. The summed E-state index contributed by atoms with van der Waals surface area (Å²) in [4.78, 5) is 0.410. The molecule has 0 aromatic heterocycles. The molecule has 2 aromatic rings. The standard InChI is InChI=1S/C24H28NO2S.3C4H9.Sn/c1-18-11-13-22(14-12-18)28(26,27)25-16-20(3)23(17-25)24(4,5)15-19(2)21-9-7-6-8-10-21;3*1-3-4-2;/h3,6-14,23H,2,15-17H2,1,4-5H3;3*1,3-4H2,2H3;. The Kier molecular flexibility index (Phi) is 12.8. The van der Waals surface area contributed by atoms with Gasteiger partial charge in [-0.3, -0.25) is 0 Å². The van der Waals surface area contributed by atoms with Gasteiger partial charge in [-0.25, -0.2) is 0 Å². The van der Waals surface area contributed by atoms with Gasteiger partial charge in [-0.1, -0.05) is 0 Å². The van der Waals surface area contributed by atoms with Crippen LogP contribution in [0.25, 0.3) is 5.57 Å². The molecule has 1 atom stereocenters. The van der Waals surface area contributed by atoms with Crippen molar-refractivity contribution in [3.8, 4) is 0 Å². The van der Waals surface area contributed by atoms with Crippen LogP contribution in [0.4, 0.5) is 0 Å². The average Bonchev–Trinajstić information content (AvgIpc) is 3.40. The summed E-state index contributed by atoms with van der Waals surface area (Å²) in [6.07, 6.45) is 8.46. The number of unbranched alkanes of at least 4 members (excludes halogenated alkanes) is 3. The van der Waals surface area contributed by atoms with E-state index < -0.39 is 28.4 Å². The van der Waals surface area contributed by atoms with E-state index in [1.807, 2.05) is 25.1 Å². The average molecular weight is 685 g/mol. The van der Waals surface area contributed by atoms with Crippen molar-refractivity contribution in [1.82, 2.24) is 4.31 Å². The normalized spacial score (nSPS) is 17.8. The minimum absolute atomic E-state index is 0.117. The van der Waals surface area contributed by atoms with Crippen molar-refractivity contribution in [2.24, 2.45) is 11.3 Å². The maximum absolute atomic E-state index is 14.0. The van der Waals surface area contributed by atoms with E-state index in [-0.39, 0.29) is 11.3 Å². The number of aryl methyl sites for hydroxylation is 1. The van der Waals surface area contributed by atoms with Gasteiger partial charge in [-0.15, -0.1) is 0 Å². The predicted molar refractivity (Wildman–Crippen MR) is 180 cm³/mol. The second-order valence-electron chi connectivity index (χ2n) is 13.2. The Morgan fingerprint density at radius 2 is 1.46 bits per heavy atom. The zero-order valence-corrected chi connectivity index (χ0v) is 30.4. The molecule has 1 saturated heterocycles. The SMILES string of the molecule is C=C(CC(C)(C)C1CN(S(=O)(=O)c2ccc(C)cc2)C/C1=[CH]\[Sn]([CH2]CCC)([CH2]CCC)[CH2]CCC)c1ccccc1. The summed E-state index contributed by atoms with van der Waals surface area (Å²) < 4.78 is 36.7. The van der Waals surface area contributed by atoms with Crippen LogP contribution in [0, 0.1) is 18.3 Å². The Labute approximate surface area is 256 Å². The number of rotatable bonds is 16. The molecule has 3 nitrogen and oxygen atoms in total. The minimum atomic E-state index is -3.58. The van der Waals surface area contributed by atoms with Crippen molar-refractivity contribution in [2.75, 3.05) is 13.1 Å². The molecular formula is C36H55NO2SSn. The molecule has 0 amide bonds. The number of allylic oxidation sites excluding steroid dienone is 1. The number of hydrogen-bond donors (Lipinski definition) is 0. The van der Waals surface area contributed by atoms with E-state index >= 15 is 0 Å². The fourth-order valence-electron chi connectivity index (χ4n) is 6.66. The van der Waals surface area contributed by atoms with Crippen LogP contribution in [-0.4, -0.2) is 44.2 Å². The molecule has 2 aromatic carbocycles. The van der Waals surface area contributed by atoms with Gasteiger partial charge in [0.25, 0.3) is 0 Å². The molecule has 0 spiro atoms. The van der Waals surface area contributed by atoms with E-state index in [1.165, 1.54) is 63.0 Å². The van der Waals surface area contributed by atoms with Crippen LogP contribution in [0.5, 0.6) is 0 Å². The van der Waals surface area contributed by atoms with Crippen molar-refractivity contribution in [3.05, 3.63) is 82.0 Å². The van der Waals surface area contributed by atoms with E-state index in [4.69, 9.17) is 0 Å². The van der Waals surface area contributed by atoms with Gasteiger partial charge in [0.15, 0.2) is 0 Å². The molecule has 41 heavy (non-hydrogen) atoms. The molecule has 226 valence electrons. The molecule has 5 heteroatoms. The summed E-state index contributed by atoms with van der Waals surface area (Å²) in [7, 11) is -3.58. The zero-order valence-electron chi connectivity index (χ0n) is 26.7. The monoisotopic (exact) mass is 685 g/mol. The van der Waals surface area contributed by atoms with Gasteiger partial charge in [0.2, 0.25) is 0 Å². The topological polar surface area (TPSA) is 37.4 Å². The van der Waals surface area contributed by atoms with E-state index in [2.05, 4.69) is 69.6 Å². The van der Waals surface area contributed by atoms with Crippen molar-refractivity contribution in [3.63, 3.8) is 0 Å². The van der Waals surface area contributed by atoms with Crippen molar-refractivity contribution < 1.29 is 8.42 Å². The van der Waals surface area contributed by atoms with Gasteiger partial charge in [-0.2, -0.15) is 0 Å². The Morgan fingerprint density at radius 1 is 0.927 bits per heavy atom. The fraction of sp³-hybridized carbons (Fsp3) is 0.556. The van der Waals surface area contributed by atoms with E-state index in [1.54, 1.807) is 16.4 Å². The van der Waals surface area contributed by atoms with Gasteiger partial charge in [-0.05, 0) is 0 Å². The van der Waals surface area contributed by atoms with Crippen LogP contribution in [0.2, 0.25) is 13.3 Å². The second kappa shape index (κ2) is 15.4. The van der Waals surface area contributed by atoms with Crippen molar-refractivity contribution in [2.45, 2.75) is 105 Å². The van der Waals surface area contributed by atoms with Gasteiger partial charge in [0.1, 0.15) is 0 Å². The van der Waals surface area contributed by atoms with Crippen LogP contribution >= 0.6 is 0 Å². The summed E-state index contributed by atoms with van der Waals surface area (Å²) >= 11 is -2.68. The summed E-state index contributed by atoms with van der Waals surface area (Å²) in [6, 6.07) is 17.8. The fourth-order valence-corrected chi connectivity index (χ4v) is 23.6. The summed E-state index contributed by atoms with van der Waals surface area (Å²) in [6.45, 7) is 19.2. The second-order valence-corrected chi connectivity index (χ2v) is 28.0. The van der Waals surface area contributed by atoms with Crippen LogP contribution in [0.1, 0.15) is 90.7 Å². The summed E-state index contributed by atoms with van der Waals surface area (Å²) in [5.41, 5.74) is 4.67. The molecule has 0 aliphatic carbocycles. The first-order valence-corrected chi connectivity index (χ1v) is 25.1. The summed E-state index contributed by atoms with van der Waals surface area (Å²) in [5, 5.41) is 0. The van der Waals surface area contributed by atoms with Gasteiger partial charge < -0.3 is 0 Å². The van der Waals surface area contributed by atoms with Gasteiger partial charge >= 0.3 is 258 Å². The maximum atomic E-state index is 14.0. The van der Waals surface area contributed by atoms with Gasteiger partial charge in [0.05, 0.1) is 0 Å². The third-order valence-corrected chi connectivity index (χ3v) is 25.4. The summed E-state index contributed by atoms with van der Waals surface area (Å²) in [5.74, 6) is 0.184. The number of nitrogens with zero attached hydrogens (tertiary/aromatic N) is 1. The Hall–Kier alpha value is -1.37. The van der Waals surface area contributed by atoms with Crippen molar-refractivity contribution >= 4 is 34.0 Å². The van der Waals surface area contributed by atoms with E-state index in [0.717, 1.165) is 17.6 Å². The number of sulfonamides is 1. The van der Waals surface area contributed by atoms with E-state index in [9.17, 15) is 8.42 Å². The van der Waals surface area contributed by atoms with Crippen LogP contribution in [0.15, 0.2) is 75.7 Å². The molecule has 1 fully saturated rings. The van der Waals surface area contributed by atoms with Crippen LogP contribution < -0.4 is 0 Å². The first kappa shape index (κ1) is 34.1. The molecule has 0 radical (unpaired) electrons. The molecule has 1 aliphatic rings. The number of hydrogen-bond acceptors (Lipinski definition) is 2. The van der Waals surface area contributed by atoms with Crippen molar-refractivity contribution in [1.29, 1.82) is 0 Å². The predicted octanol–water partition coefficient (Wildman–Crippen LogP) is 10.1. The molecule has 0 N–H and O–H groups in total. The molecule has 1 heterocycles. The third kappa shape index (κ3) is 9.06. The van der Waals surface area contributed by atoms with Crippen LogP contribution in [0.3, 0.4) is 0 Å². The zero-order chi connectivity index (χ0) is 30.1. The Morgan fingerprint density at radius 3 is 1.98 bits per heavy atom. The molecule has 1 unspecified atom stereocenters. The Bertz CT molecular complexity index is 1230. The first-order chi connectivity index (χ1) is 19.5. The third-order valence-electron chi connectivity index (χ3n) is 9.22. The molecule has 1 aliphatic heterocycles.